The molecule has 0 aromatic heterocycles. The molecular formula is C68H132O17P2. The summed E-state index contributed by atoms with van der Waals surface area (Å²) in [5.74, 6) is -2.13. The molecule has 0 bridgehead atoms. The number of unbranched alkanes of at least 4 members (excludes halogenated alkanes) is 43. The van der Waals surface area contributed by atoms with E-state index in [0.717, 1.165) is 96.3 Å². The van der Waals surface area contributed by atoms with Crippen LogP contribution in [0.3, 0.4) is 0 Å². The number of hydrogen-bond acceptors (Lipinski definition) is 15. The van der Waals surface area contributed by atoms with Gasteiger partial charge in [0.2, 0.25) is 0 Å². The van der Waals surface area contributed by atoms with E-state index in [0.29, 0.717) is 25.7 Å². The number of aliphatic hydroxyl groups is 1. The van der Waals surface area contributed by atoms with Crippen molar-refractivity contribution in [1.29, 1.82) is 0 Å². The van der Waals surface area contributed by atoms with E-state index in [4.69, 9.17) is 37.0 Å². The van der Waals surface area contributed by atoms with Crippen LogP contribution in [0.4, 0.5) is 0 Å². The van der Waals surface area contributed by atoms with Gasteiger partial charge in [-0.15, -0.1) is 0 Å². The van der Waals surface area contributed by atoms with Gasteiger partial charge in [-0.1, -0.05) is 304 Å². The Labute approximate surface area is 530 Å². The zero-order chi connectivity index (χ0) is 64.0. The SMILES string of the molecule is CCCCCCCCCCCCCCCCCC(=O)O[C@H](COC(=O)CCCCCCCCCCCCCCCC)COP(=O)(O)OC[C@@H](O)COP(=O)(O)OC[C@@H](COC(=O)CCCCCCC)OC(=O)CCCCCCCCCCCCCCC. The van der Waals surface area contributed by atoms with Gasteiger partial charge >= 0.3 is 39.5 Å². The third-order valence-corrected chi connectivity index (χ3v) is 17.8. The minimum atomic E-state index is -4.95. The first-order chi connectivity index (χ1) is 42.2. The summed E-state index contributed by atoms with van der Waals surface area (Å²) in [6, 6.07) is 0. The minimum Gasteiger partial charge on any atom is -0.462 e. The average molecular weight is 1280 g/mol. The Morgan fingerprint density at radius 2 is 0.460 bits per heavy atom. The second kappa shape index (κ2) is 62.8. The lowest BCUT2D eigenvalue weighted by molar-refractivity contribution is -0.161. The second-order valence-corrected chi connectivity index (χ2v) is 27.5. The first-order valence-electron chi connectivity index (χ1n) is 35.8. The lowest BCUT2D eigenvalue weighted by atomic mass is 10.0. The maximum absolute atomic E-state index is 13.0. The van der Waals surface area contributed by atoms with Crippen LogP contribution in [0, 0.1) is 0 Å². The Bertz CT molecular complexity index is 1670. The van der Waals surface area contributed by atoms with Gasteiger partial charge in [0.1, 0.15) is 19.3 Å². The van der Waals surface area contributed by atoms with E-state index in [1.54, 1.807) is 0 Å². The highest BCUT2D eigenvalue weighted by atomic mass is 31.2. The molecule has 19 heteroatoms. The quantitative estimate of drug-likeness (QED) is 0.0222. The predicted molar refractivity (Wildman–Crippen MR) is 349 cm³/mol. The van der Waals surface area contributed by atoms with Crippen molar-refractivity contribution in [1.82, 2.24) is 0 Å². The summed E-state index contributed by atoms with van der Waals surface area (Å²) in [6.07, 6.45) is 50.2. The van der Waals surface area contributed by atoms with Gasteiger partial charge in [-0.2, -0.15) is 0 Å². The fraction of sp³-hybridized carbons (Fsp3) is 0.941. The fourth-order valence-corrected chi connectivity index (χ4v) is 11.9. The van der Waals surface area contributed by atoms with Crippen LogP contribution in [-0.4, -0.2) is 96.7 Å². The summed E-state index contributed by atoms with van der Waals surface area (Å²) in [5, 5.41) is 10.5. The Morgan fingerprint density at radius 3 is 0.678 bits per heavy atom. The number of phosphoric ester groups is 2. The minimum absolute atomic E-state index is 0.107. The van der Waals surface area contributed by atoms with Crippen LogP contribution in [0.15, 0.2) is 0 Å². The van der Waals surface area contributed by atoms with Gasteiger partial charge in [-0.3, -0.25) is 37.3 Å². The number of esters is 4. The molecule has 0 spiro atoms. The van der Waals surface area contributed by atoms with Crippen LogP contribution in [0.25, 0.3) is 0 Å². The Hall–Kier alpha value is -1.94. The average Bonchev–Trinajstić information content (AvgIpc) is 3.58. The Morgan fingerprint density at radius 1 is 0.276 bits per heavy atom. The molecule has 0 amide bonds. The number of rotatable bonds is 69. The van der Waals surface area contributed by atoms with Crippen LogP contribution < -0.4 is 0 Å². The molecule has 5 atom stereocenters. The lowest BCUT2D eigenvalue weighted by Gasteiger charge is -2.21. The summed E-state index contributed by atoms with van der Waals surface area (Å²) < 4.78 is 68.0. The van der Waals surface area contributed by atoms with Crippen molar-refractivity contribution >= 4 is 39.5 Å². The number of hydrogen-bond donors (Lipinski definition) is 3. The second-order valence-electron chi connectivity index (χ2n) is 24.6. The van der Waals surface area contributed by atoms with Gasteiger partial charge in [-0.25, -0.2) is 9.13 Å². The highest BCUT2D eigenvalue weighted by Crippen LogP contribution is 2.45. The predicted octanol–water partition coefficient (Wildman–Crippen LogP) is 19.5. The van der Waals surface area contributed by atoms with Gasteiger partial charge in [0.15, 0.2) is 12.2 Å². The maximum atomic E-state index is 13.0. The first kappa shape index (κ1) is 85.1. The van der Waals surface area contributed by atoms with Crippen molar-refractivity contribution in [2.45, 2.75) is 373 Å². The highest BCUT2D eigenvalue weighted by Gasteiger charge is 2.30. The number of phosphoric acid groups is 2. The third kappa shape index (κ3) is 62.6. The molecule has 0 radical (unpaired) electrons. The molecule has 0 aliphatic rings. The van der Waals surface area contributed by atoms with Crippen molar-refractivity contribution in [3.63, 3.8) is 0 Å². The van der Waals surface area contributed by atoms with Gasteiger partial charge in [0, 0.05) is 25.7 Å². The summed E-state index contributed by atoms with van der Waals surface area (Å²) in [7, 11) is -9.88. The van der Waals surface area contributed by atoms with E-state index in [-0.39, 0.29) is 25.7 Å². The molecule has 0 aromatic carbocycles. The number of aliphatic hydroxyl groups excluding tert-OH is 1. The van der Waals surface area contributed by atoms with Crippen LogP contribution in [0.5, 0.6) is 0 Å². The lowest BCUT2D eigenvalue weighted by Crippen LogP contribution is -2.30. The van der Waals surface area contributed by atoms with E-state index in [9.17, 15) is 43.2 Å². The Kier molecular flexibility index (Phi) is 61.4. The van der Waals surface area contributed by atoms with E-state index in [1.807, 2.05) is 0 Å². The van der Waals surface area contributed by atoms with Gasteiger partial charge in [0.05, 0.1) is 26.4 Å². The van der Waals surface area contributed by atoms with Crippen molar-refractivity contribution in [3.8, 4) is 0 Å². The first-order valence-corrected chi connectivity index (χ1v) is 38.8. The number of carbonyl (C=O) groups is 4. The molecule has 0 fully saturated rings. The van der Waals surface area contributed by atoms with Crippen molar-refractivity contribution in [3.05, 3.63) is 0 Å². The summed E-state index contributed by atoms with van der Waals surface area (Å²) in [5.41, 5.74) is 0. The van der Waals surface area contributed by atoms with Gasteiger partial charge in [-0.05, 0) is 25.7 Å². The molecule has 2 unspecified atom stereocenters. The monoisotopic (exact) mass is 1280 g/mol. The molecule has 0 aromatic rings. The number of carbonyl (C=O) groups excluding carboxylic acids is 4. The number of ether oxygens (including phenoxy) is 4. The largest absolute Gasteiger partial charge is 0.472 e. The summed E-state index contributed by atoms with van der Waals surface area (Å²) in [4.78, 5) is 72.2. The molecule has 0 saturated carbocycles. The van der Waals surface area contributed by atoms with E-state index >= 15 is 0 Å². The summed E-state index contributed by atoms with van der Waals surface area (Å²) in [6.45, 7) is 4.86. The summed E-state index contributed by atoms with van der Waals surface area (Å²) >= 11 is 0. The molecule has 0 aliphatic heterocycles. The van der Waals surface area contributed by atoms with E-state index in [1.165, 1.54) is 180 Å². The van der Waals surface area contributed by atoms with Crippen LogP contribution in [0.2, 0.25) is 0 Å². The van der Waals surface area contributed by atoms with Gasteiger partial charge in [0.25, 0.3) is 0 Å². The molecule has 3 N–H and O–H groups in total. The molecule has 87 heavy (non-hydrogen) atoms. The normalized spacial score (nSPS) is 14.1. The highest BCUT2D eigenvalue weighted by molar-refractivity contribution is 7.47. The Balaban J connectivity index is 5.16. The molecule has 0 heterocycles. The topological polar surface area (TPSA) is 237 Å². The zero-order valence-electron chi connectivity index (χ0n) is 56.0. The molecular weight excluding hydrogens is 1150 g/mol. The fourth-order valence-electron chi connectivity index (χ4n) is 10.3. The maximum Gasteiger partial charge on any atom is 0.472 e. The van der Waals surface area contributed by atoms with E-state index < -0.39 is 97.5 Å². The van der Waals surface area contributed by atoms with Crippen LogP contribution >= 0.6 is 15.6 Å². The molecule has 516 valence electrons. The third-order valence-electron chi connectivity index (χ3n) is 15.9. The molecule has 0 rings (SSSR count). The molecule has 17 nitrogen and oxygen atoms in total. The van der Waals surface area contributed by atoms with Crippen LogP contribution in [0.1, 0.15) is 355 Å². The standard InChI is InChI=1S/C68H132O17P2/c1-5-9-13-17-20-23-26-29-31-34-37-40-43-47-51-55-68(73)85-64(59-79-66(71)53-49-45-41-38-35-33-30-27-24-21-18-14-10-6-2)61-83-87(76,77)81-57-62(69)56-80-86(74,75)82-60-63(58-78-65(70)52-48-44-16-12-8-4)84-67(72)54-50-46-42-39-36-32-28-25-22-19-15-11-7-3/h62-64,69H,5-61H2,1-4H3,(H,74,75)(H,76,77)/t62-,63+,64+/m0/s1. The smallest absolute Gasteiger partial charge is 0.462 e. The van der Waals surface area contributed by atoms with Crippen molar-refractivity contribution in [2.24, 2.45) is 0 Å². The molecule has 0 saturated heterocycles. The van der Waals surface area contributed by atoms with Crippen LogP contribution in [-0.2, 0) is 65.4 Å². The van der Waals surface area contributed by atoms with E-state index in [2.05, 4.69) is 27.7 Å². The van der Waals surface area contributed by atoms with Gasteiger partial charge < -0.3 is 33.8 Å². The molecule has 0 aliphatic carbocycles. The van der Waals surface area contributed by atoms with Crippen molar-refractivity contribution < 1.29 is 80.2 Å². The zero-order valence-corrected chi connectivity index (χ0v) is 57.8. The van der Waals surface area contributed by atoms with Crippen molar-refractivity contribution in [2.75, 3.05) is 39.6 Å².